The summed E-state index contributed by atoms with van der Waals surface area (Å²) in [5, 5.41) is 18.2. The molecule has 0 saturated carbocycles. The quantitative estimate of drug-likeness (QED) is 0.286. The number of fused-ring (bicyclic) bond motifs is 3. The molecule has 33 heavy (non-hydrogen) atoms. The van der Waals surface area contributed by atoms with Crippen LogP contribution in [0.3, 0.4) is 0 Å². The van der Waals surface area contributed by atoms with Crippen LogP contribution in [-0.4, -0.2) is 51.3 Å². The topological polar surface area (TPSA) is 147 Å². The summed E-state index contributed by atoms with van der Waals surface area (Å²) in [4.78, 5) is 33.7. The van der Waals surface area contributed by atoms with Gasteiger partial charge in [0.25, 0.3) is 0 Å². The lowest BCUT2D eigenvalue weighted by molar-refractivity contribution is -0.117. The average molecular weight is 448 g/mol. The minimum absolute atomic E-state index is 0.0829. The number of carbonyl (C=O) groups is 2. The Balaban J connectivity index is 1.67. The molecule has 3 heterocycles. The molecule has 1 unspecified atom stereocenters. The van der Waals surface area contributed by atoms with Crippen molar-refractivity contribution in [2.24, 2.45) is 5.10 Å². The third kappa shape index (κ3) is 3.93. The van der Waals surface area contributed by atoms with Gasteiger partial charge in [-0.1, -0.05) is 13.8 Å². The van der Waals surface area contributed by atoms with E-state index >= 15 is 0 Å². The molecule has 0 saturated heterocycles. The summed E-state index contributed by atoms with van der Waals surface area (Å²) in [5.41, 5.74) is 6.15. The maximum absolute atomic E-state index is 13.3. The molecule has 170 valence electrons. The zero-order valence-electron chi connectivity index (χ0n) is 18.7. The second-order valence-corrected chi connectivity index (χ2v) is 8.40. The SMILES string of the molecule is COc1nc(NC(=O)C2CC(C)(C)c3c2cnc2cc(C)nn32)cc(C=O)c1N/N=C\C=N. The monoisotopic (exact) mass is 448 g/mol. The zero-order valence-corrected chi connectivity index (χ0v) is 18.7. The summed E-state index contributed by atoms with van der Waals surface area (Å²) in [6.45, 7) is 6.07. The molecule has 0 radical (unpaired) electrons. The van der Waals surface area contributed by atoms with E-state index in [1.807, 2.05) is 17.5 Å². The molecule has 1 amide bonds. The van der Waals surface area contributed by atoms with E-state index in [0.717, 1.165) is 28.8 Å². The lowest BCUT2D eigenvalue weighted by Crippen LogP contribution is -2.22. The van der Waals surface area contributed by atoms with E-state index in [0.29, 0.717) is 12.7 Å². The highest BCUT2D eigenvalue weighted by atomic mass is 16.5. The smallest absolute Gasteiger partial charge is 0.241 e. The fourth-order valence-corrected chi connectivity index (χ4v) is 4.25. The van der Waals surface area contributed by atoms with Crippen LogP contribution < -0.4 is 15.5 Å². The summed E-state index contributed by atoms with van der Waals surface area (Å²) in [7, 11) is 1.40. The number of hydrogen-bond acceptors (Lipinski definition) is 9. The van der Waals surface area contributed by atoms with Crippen LogP contribution in [0.25, 0.3) is 5.65 Å². The van der Waals surface area contributed by atoms with Crippen LogP contribution in [0, 0.1) is 12.3 Å². The van der Waals surface area contributed by atoms with Gasteiger partial charge in [0.1, 0.15) is 11.5 Å². The maximum Gasteiger partial charge on any atom is 0.241 e. The first kappa shape index (κ1) is 22.1. The number of nitrogens with one attached hydrogen (secondary N) is 3. The molecule has 0 aliphatic heterocycles. The van der Waals surface area contributed by atoms with Crippen LogP contribution in [0.1, 0.15) is 53.5 Å². The lowest BCUT2D eigenvalue weighted by Gasteiger charge is -2.19. The number of amides is 1. The molecule has 0 spiro atoms. The highest BCUT2D eigenvalue weighted by molar-refractivity contribution is 6.14. The Morgan fingerprint density at radius 3 is 2.88 bits per heavy atom. The second kappa shape index (κ2) is 8.41. The van der Waals surface area contributed by atoms with E-state index in [4.69, 9.17) is 10.1 Å². The summed E-state index contributed by atoms with van der Waals surface area (Å²) >= 11 is 0. The first-order valence-corrected chi connectivity index (χ1v) is 10.3. The van der Waals surface area contributed by atoms with Gasteiger partial charge in [-0.2, -0.15) is 15.2 Å². The number of nitrogens with zero attached hydrogens (tertiary/aromatic N) is 5. The number of carbonyl (C=O) groups excluding carboxylic acids is 2. The predicted molar refractivity (Wildman–Crippen MR) is 124 cm³/mol. The van der Waals surface area contributed by atoms with Crippen LogP contribution in [0.4, 0.5) is 11.5 Å². The van der Waals surface area contributed by atoms with E-state index in [2.05, 4.69) is 44.8 Å². The van der Waals surface area contributed by atoms with Gasteiger partial charge in [0.2, 0.25) is 11.8 Å². The molecular formula is C22H24N8O3. The highest BCUT2D eigenvalue weighted by Crippen LogP contribution is 2.46. The van der Waals surface area contributed by atoms with Gasteiger partial charge in [0, 0.05) is 35.0 Å². The maximum atomic E-state index is 13.3. The van der Waals surface area contributed by atoms with Gasteiger partial charge in [-0.15, -0.1) is 0 Å². The fourth-order valence-electron chi connectivity index (χ4n) is 4.25. The first-order chi connectivity index (χ1) is 15.8. The number of hydrogen-bond donors (Lipinski definition) is 3. The van der Waals surface area contributed by atoms with Crippen molar-refractivity contribution < 1.29 is 14.3 Å². The Morgan fingerprint density at radius 1 is 1.39 bits per heavy atom. The molecule has 1 aliphatic rings. The third-order valence-corrected chi connectivity index (χ3v) is 5.60. The number of rotatable bonds is 7. The van der Waals surface area contributed by atoms with E-state index in [-0.39, 0.29) is 34.3 Å². The number of hydrazone groups is 1. The van der Waals surface area contributed by atoms with E-state index in [9.17, 15) is 9.59 Å². The predicted octanol–water partition coefficient (Wildman–Crippen LogP) is 2.70. The van der Waals surface area contributed by atoms with Crippen molar-refractivity contribution in [3.63, 3.8) is 0 Å². The molecule has 0 fully saturated rings. The van der Waals surface area contributed by atoms with Crippen molar-refractivity contribution in [3.8, 4) is 5.88 Å². The van der Waals surface area contributed by atoms with Crippen LogP contribution in [-0.2, 0) is 10.2 Å². The van der Waals surface area contributed by atoms with E-state index < -0.39 is 5.92 Å². The fraction of sp³-hybridized carbons (Fsp3) is 0.318. The van der Waals surface area contributed by atoms with Crippen molar-refractivity contribution in [3.05, 3.63) is 40.8 Å². The molecule has 0 bridgehead atoms. The number of aryl methyl sites for hydroxylation is 1. The Hall–Kier alpha value is -4.15. The normalized spacial score (nSPS) is 16.5. The van der Waals surface area contributed by atoms with Crippen LogP contribution >= 0.6 is 0 Å². The number of ether oxygens (including phenoxy) is 1. The average Bonchev–Trinajstić information content (AvgIpc) is 3.29. The molecule has 4 rings (SSSR count). The third-order valence-electron chi connectivity index (χ3n) is 5.60. The van der Waals surface area contributed by atoms with Gasteiger partial charge < -0.3 is 15.5 Å². The van der Waals surface area contributed by atoms with Crippen LogP contribution in [0.5, 0.6) is 5.88 Å². The minimum Gasteiger partial charge on any atom is -0.479 e. The highest BCUT2D eigenvalue weighted by Gasteiger charge is 2.43. The van der Waals surface area contributed by atoms with Crippen LogP contribution in [0.15, 0.2) is 23.4 Å². The molecule has 0 aromatic carbocycles. The summed E-state index contributed by atoms with van der Waals surface area (Å²) in [5.74, 6) is -0.463. The summed E-state index contributed by atoms with van der Waals surface area (Å²) < 4.78 is 7.09. The van der Waals surface area contributed by atoms with Crippen molar-refractivity contribution in [2.45, 2.75) is 38.5 Å². The molecular weight excluding hydrogens is 424 g/mol. The largest absolute Gasteiger partial charge is 0.479 e. The standard InChI is InChI=1S/C22H24N8O3/c1-12-7-17-24-10-15-14(9-22(2,3)19(15)30(17)29-12)20(32)26-16-8-13(11-31)18(21(27-16)33-4)28-25-6-5-23/h5-8,10-11,14,23,28H,9H2,1-4H3,(H,26,27,32)/b23-5?,25-6-. The van der Waals surface area contributed by atoms with Gasteiger partial charge >= 0.3 is 0 Å². The number of methoxy groups -OCH3 is 1. The van der Waals surface area contributed by atoms with Gasteiger partial charge in [0.05, 0.1) is 30.6 Å². The zero-order chi connectivity index (χ0) is 23.8. The lowest BCUT2D eigenvalue weighted by atomic mass is 9.88. The number of pyridine rings is 1. The minimum atomic E-state index is -0.459. The molecule has 1 atom stereocenters. The van der Waals surface area contributed by atoms with Crippen molar-refractivity contribution in [1.29, 1.82) is 5.41 Å². The second-order valence-electron chi connectivity index (χ2n) is 8.40. The van der Waals surface area contributed by atoms with Gasteiger partial charge in [-0.25, -0.2) is 9.50 Å². The number of aromatic nitrogens is 4. The van der Waals surface area contributed by atoms with Crippen molar-refractivity contribution in [1.82, 2.24) is 19.6 Å². The number of anilines is 2. The summed E-state index contributed by atoms with van der Waals surface area (Å²) in [6.07, 6.45) is 5.11. The Labute approximate surface area is 189 Å². The molecule has 11 heteroatoms. The molecule has 3 N–H and O–H groups in total. The van der Waals surface area contributed by atoms with Crippen molar-refractivity contribution >= 4 is 41.8 Å². The molecule has 11 nitrogen and oxygen atoms in total. The molecule has 3 aromatic rings. The van der Waals surface area contributed by atoms with Gasteiger partial charge in [-0.3, -0.25) is 15.0 Å². The van der Waals surface area contributed by atoms with E-state index in [1.54, 1.807) is 6.20 Å². The Kier molecular flexibility index (Phi) is 5.62. The molecule has 3 aromatic heterocycles. The van der Waals surface area contributed by atoms with Gasteiger partial charge in [-0.05, 0) is 19.4 Å². The van der Waals surface area contributed by atoms with E-state index in [1.165, 1.54) is 19.4 Å². The Morgan fingerprint density at radius 2 is 2.18 bits per heavy atom. The molecule has 1 aliphatic carbocycles. The van der Waals surface area contributed by atoms with Crippen LogP contribution in [0.2, 0.25) is 0 Å². The first-order valence-electron chi connectivity index (χ1n) is 10.3. The summed E-state index contributed by atoms with van der Waals surface area (Å²) in [6, 6.07) is 3.34. The van der Waals surface area contributed by atoms with Gasteiger partial charge in [0.15, 0.2) is 11.9 Å². The number of aldehydes is 1. The Bertz CT molecular complexity index is 1290. The van der Waals surface area contributed by atoms with Crippen molar-refractivity contribution in [2.75, 3.05) is 17.9 Å².